The lowest BCUT2D eigenvalue weighted by Gasteiger charge is -2.15. The maximum atomic E-state index is 13.8. The highest BCUT2D eigenvalue weighted by Gasteiger charge is 2.33. The maximum Gasteiger partial charge on any atom is 0.278 e. The van der Waals surface area contributed by atoms with Crippen LogP contribution in [-0.2, 0) is 12.3 Å². The molecule has 0 unspecified atom stereocenters. The molecule has 0 spiro atoms. The van der Waals surface area contributed by atoms with Crippen molar-refractivity contribution in [1.82, 2.24) is 9.97 Å². The van der Waals surface area contributed by atoms with Gasteiger partial charge in [0.25, 0.3) is 11.5 Å². The largest absolute Gasteiger partial charge is 0.326 e. The van der Waals surface area contributed by atoms with Gasteiger partial charge < -0.3 is 4.98 Å². The van der Waals surface area contributed by atoms with Crippen molar-refractivity contribution in [2.24, 2.45) is 0 Å². The molecule has 0 amide bonds. The van der Waals surface area contributed by atoms with Crippen LogP contribution in [0.15, 0.2) is 47.5 Å². The number of rotatable bonds is 3. The monoisotopic (exact) mass is 236 g/mol. The van der Waals surface area contributed by atoms with Crippen LogP contribution in [0.4, 0.5) is 8.78 Å². The molecule has 1 N–H and O–H groups in total. The van der Waals surface area contributed by atoms with Gasteiger partial charge in [-0.15, -0.1) is 0 Å². The highest BCUT2D eigenvalue weighted by Crippen LogP contribution is 2.30. The Morgan fingerprint density at radius 1 is 1.24 bits per heavy atom. The third-order valence-corrected chi connectivity index (χ3v) is 2.37. The summed E-state index contributed by atoms with van der Waals surface area (Å²) in [6.07, 6.45) is 1.90. The predicted octanol–water partition coefficient (Wildman–Crippen LogP) is 2.10. The third kappa shape index (κ3) is 2.55. The lowest BCUT2D eigenvalue weighted by molar-refractivity contribution is -0.00512. The Bertz CT molecular complexity index is 552. The zero-order chi connectivity index (χ0) is 12.3. The van der Waals surface area contributed by atoms with Crippen molar-refractivity contribution in [2.45, 2.75) is 12.3 Å². The van der Waals surface area contributed by atoms with Crippen molar-refractivity contribution in [3.8, 4) is 0 Å². The first kappa shape index (κ1) is 11.4. The number of hydrogen-bond donors (Lipinski definition) is 1. The summed E-state index contributed by atoms with van der Waals surface area (Å²) < 4.78 is 27.7. The first-order valence-electron chi connectivity index (χ1n) is 5.05. The van der Waals surface area contributed by atoms with E-state index in [0.29, 0.717) is 0 Å². The van der Waals surface area contributed by atoms with E-state index >= 15 is 0 Å². The number of halogens is 2. The molecule has 2 aromatic rings. The molecule has 0 radical (unpaired) electrons. The Morgan fingerprint density at radius 2 is 1.94 bits per heavy atom. The van der Waals surface area contributed by atoms with Crippen LogP contribution in [0, 0.1) is 0 Å². The number of nitrogens with zero attached hydrogens (tertiary/aromatic N) is 1. The molecule has 0 aliphatic heterocycles. The van der Waals surface area contributed by atoms with Crippen molar-refractivity contribution >= 4 is 0 Å². The fourth-order valence-electron chi connectivity index (χ4n) is 1.50. The summed E-state index contributed by atoms with van der Waals surface area (Å²) in [5, 5.41) is 0. The number of aromatic amines is 1. The first-order valence-corrected chi connectivity index (χ1v) is 5.05. The highest BCUT2D eigenvalue weighted by atomic mass is 19.3. The molecule has 1 aromatic carbocycles. The Kier molecular flexibility index (Phi) is 2.99. The molecule has 1 heterocycles. The molecule has 0 aliphatic rings. The van der Waals surface area contributed by atoms with Gasteiger partial charge in [0, 0.05) is 18.0 Å². The van der Waals surface area contributed by atoms with Crippen LogP contribution in [0.2, 0.25) is 0 Å². The van der Waals surface area contributed by atoms with E-state index in [1.165, 1.54) is 36.7 Å². The Morgan fingerprint density at radius 3 is 2.59 bits per heavy atom. The summed E-state index contributed by atoms with van der Waals surface area (Å²) in [6.45, 7) is 0. The minimum atomic E-state index is -3.09. The van der Waals surface area contributed by atoms with Crippen molar-refractivity contribution in [3.05, 3.63) is 64.3 Å². The molecule has 3 nitrogen and oxygen atoms in total. The summed E-state index contributed by atoms with van der Waals surface area (Å²) in [5.74, 6) is -3.09. The SMILES string of the molecule is O=c1[nH]ccnc1CC(F)(F)c1ccccc1. The Balaban J connectivity index is 2.30. The van der Waals surface area contributed by atoms with E-state index in [9.17, 15) is 13.6 Å². The highest BCUT2D eigenvalue weighted by molar-refractivity contribution is 5.21. The number of benzene rings is 1. The number of alkyl halides is 2. The average molecular weight is 236 g/mol. The molecule has 0 atom stereocenters. The van der Waals surface area contributed by atoms with Gasteiger partial charge in [0.1, 0.15) is 5.69 Å². The van der Waals surface area contributed by atoms with Crippen LogP contribution in [-0.4, -0.2) is 9.97 Å². The zero-order valence-corrected chi connectivity index (χ0v) is 8.86. The van der Waals surface area contributed by atoms with E-state index < -0.39 is 17.9 Å². The van der Waals surface area contributed by atoms with E-state index in [1.54, 1.807) is 6.07 Å². The Labute approximate surface area is 96.2 Å². The fourth-order valence-corrected chi connectivity index (χ4v) is 1.50. The summed E-state index contributed by atoms with van der Waals surface area (Å²) in [7, 11) is 0. The van der Waals surface area contributed by atoms with E-state index in [0.717, 1.165) is 0 Å². The van der Waals surface area contributed by atoms with E-state index in [-0.39, 0.29) is 11.3 Å². The standard InChI is InChI=1S/C12H10F2N2O/c13-12(14,9-4-2-1-3-5-9)8-10-11(17)16-7-6-15-10/h1-7H,8H2,(H,16,17). The second-order valence-corrected chi connectivity index (χ2v) is 3.61. The molecule has 0 bridgehead atoms. The molecule has 88 valence electrons. The summed E-state index contributed by atoms with van der Waals surface area (Å²) >= 11 is 0. The number of hydrogen-bond acceptors (Lipinski definition) is 2. The molecule has 1 aromatic heterocycles. The van der Waals surface area contributed by atoms with Gasteiger partial charge in [-0.1, -0.05) is 30.3 Å². The number of nitrogens with one attached hydrogen (secondary N) is 1. The van der Waals surface area contributed by atoms with Gasteiger partial charge in [0.2, 0.25) is 0 Å². The minimum absolute atomic E-state index is 0.120. The predicted molar refractivity (Wildman–Crippen MR) is 58.9 cm³/mol. The van der Waals surface area contributed by atoms with Gasteiger partial charge in [0.05, 0.1) is 6.42 Å². The lowest BCUT2D eigenvalue weighted by Crippen LogP contribution is -2.24. The lowest BCUT2D eigenvalue weighted by atomic mass is 10.0. The van der Waals surface area contributed by atoms with Gasteiger partial charge >= 0.3 is 0 Å². The molecular weight excluding hydrogens is 226 g/mol. The van der Waals surface area contributed by atoms with Crippen molar-refractivity contribution in [3.63, 3.8) is 0 Å². The van der Waals surface area contributed by atoms with Gasteiger partial charge in [0.15, 0.2) is 0 Å². The van der Waals surface area contributed by atoms with Crippen LogP contribution in [0.1, 0.15) is 11.3 Å². The minimum Gasteiger partial charge on any atom is -0.326 e. The second kappa shape index (κ2) is 4.45. The van der Waals surface area contributed by atoms with Crippen molar-refractivity contribution in [1.29, 1.82) is 0 Å². The quantitative estimate of drug-likeness (QED) is 0.887. The van der Waals surface area contributed by atoms with Crippen molar-refractivity contribution < 1.29 is 8.78 Å². The van der Waals surface area contributed by atoms with Gasteiger partial charge in [-0.3, -0.25) is 9.78 Å². The normalized spacial score (nSPS) is 11.4. The van der Waals surface area contributed by atoms with Crippen LogP contribution in [0.5, 0.6) is 0 Å². The smallest absolute Gasteiger partial charge is 0.278 e. The van der Waals surface area contributed by atoms with Gasteiger partial charge in [-0.25, -0.2) is 8.78 Å². The molecule has 0 fully saturated rings. The Hall–Kier alpha value is -2.04. The molecule has 0 saturated carbocycles. The molecule has 0 saturated heterocycles. The number of H-pyrrole nitrogens is 1. The van der Waals surface area contributed by atoms with E-state index in [1.807, 2.05) is 0 Å². The van der Waals surface area contributed by atoms with Crippen LogP contribution < -0.4 is 5.56 Å². The molecule has 2 rings (SSSR count). The van der Waals surface area contributed by atoms with Gasteiger partial charge in [-0.05, 0) is 0 Å². The summed E-state index contributed by atoms with van der Waals surface area (Å²) in [6, 6.07) is 7.39. The first-order chi connectivity index (χ1) is 8.09. The zero-order valence-electron chi connectivity index (χ0n) is 8.86. The molecular formula is C12H10F2N2O. The fraction of sp³-hybridized carbons (Fsp3) is 0.167. The summed E-state index contributed by atoms with van der Waals surface area (Å²) in [4.78, 5) is 17.3. The maximum absolute atomic E-state index is 13.8. The average Bonchev–Trinajstić information content (AvgIpc) is 2.33. The molecule has 0 aliphatic carbocycles. The van der Waals surface area contributed by atoms with Crippen LogP contribution >= 0.6 is 0 Å². The van der Waals surface area contributed by atoms with E-state index in [4.69, 9.17) is 0 Å². The van der Waals surface area contributed by atoms with Crippen LogP contribution in [0.3, 0.4) is 0 Å². The van der Waals surface area contributed by atoms with Gasteiger partial charge in [-0.2, -0.15) is 0 Å². The molecule has 17 heavy (non-hydrogen) atoms. The summed E-state index contributed by atoms with van der Waals surface area (Å²) in [5.41, 5.74) is -0.866. The van der Waals surface area contributed by atoms with Crippen LogP contribution in [0.25, 0.3) is 0 Å². The molecule has 5 heteroatoms. The topological polar surface area (TPSA) is 45.8 Å². The number of aromatic nitrogens is 2. The third-order valence-electron chi connectivity index (χ3n) is 2.37. The van der Waals surface area contributed by atoms with Crippen molar-refractivity contribution in [2.75, 3.05) is 0 Å². The van der Waals surface area contributed by atoms with E-state index in [2.05, 4.69) is 9.97 Å². The second-order valence-electron chi connectivity index (χ2n) is 3.61.